The summed E-state index contributed by atoms with van der Waals surface area (Å²) in [5.74, 6) is 1.30. The first-order valence-electron chi connectivity index (χ1n) is 3.64. The molecule has 0 radical (unpaired) electrons. The maximum absolute atomic E-state index is 3.38. The Morgan fingerprint density at radius 1 is 1.67 bits per heavy atom. The number of thioether (sulfide) groups is 1. The van der Waals surface area contributed by atoms with Gasteiger partial charge in [0.05, 0.1) is 0 Å². The molecule has 0 aromatic heterocycles. The first-order valence-corrected chi connectivity index (χ1v) is 4.69. The fraction of sp³-hybridized carbons (Fsp3) is 1.00. The van der Waals surface area contributed by atoms with Crippen molar-refractivity contribution in [3.63, 3.8) is 0 Å². The van der Waals surface area contributed by atoms with E-state index in [0.717, 1.165) is 11.3 Å². The Balaban J connectivity index is 1.91. The first kappa shape index (κ1) is 7.42. The molecule has 1 atom stereocenters. The van der Waals surface area contributed by atoms with Crippen molar-refractivity contribution in [2.45, 2.75) is 31.6 Å². The van der Waals surface area contributed by atoms with E-state index in [1.807, 2.05) is 0 Å². The molecule has 0 aliphatic carbocycles. The van der Waals surface area contributed by atoms with Crippen LogP contribution in [0.4, 0.5) is 0 Å². The molecule has 1 saturated heterocycles. The lowest BCUT2D eigenvalue weighted by Crippen LogP contribution is -2.44. The van der Waals surface area contributed by atoms with E-state index in [4.69, 9.17) is 0 Å². The average molecular weight is 145 g/mol. The lowest BCUT2D eigenvalue weighted by atomic mass is 10.1. The maximum atomic E-state index is 3.38. The quantitative estimate of drug-likeness (QED) is 0.645. The van der Waals surface area contributed by atoms with Crippen LogP contribution in [0, 0.1) is 0 Å². The summed E-state index contributed by atoms with van der Waals surface area (Å²) >= 11 is 2.05. The molecular formula is C7H15NS. The molecule has 0 spiro atoms. The third-order valence-corrected chi connectivity index (χ3v) is 2.82. The van der Waals surface area contributed by atoms with Gasteiger partial charge in [0.1, 0.15) is 0 Å². The van der Waals surface area contributed by atoms with E-state index in [9.17, 15) is 0 Å². The summed E-state index contributed by atoms with van der Waals surface area (Å²) in [4.78, 5) is 0. The van der Waals surface area contributed by atoms with E-state index >= 15 is 0 Å². The van der Waals surface area contributed by atoms with Crippen LogP contribution in [0.25, 0.3) is 0 Å². The van der Waals surface area contributed by atoms with Crippen molar-refractivity contribution in [1.82, 2.24) is 5.32 Å². The predicted octanol–water partition coefficient (Wildman–Crippen LogP) is 1.49. The molecule has 1 unspecified atom stereocenters. The van der Waals surface area contributed by atoms with Gasteiger partial charge in [0, 0.05) is 11.8 Å². The number of rotatable bonds is 3. The number of hydrogen-bond acceptors (Lipinski definition) is 2. The molecule has 1 fully saturated rings. The zero-order valence-corrected chi connectivity index (χ0v) is 7.00. The second-order valence-electron chi connectivity index (χ2n) is 2.82. The van der Waals surface area contributed by atoms with Crippen LogP contribution in [0.5, 0.6) is 0 Å². The van der Waals surface area contributed by atoms with E-state index < -0.39 is 0 Å². The molecule has 1 aliphatic rings. The summed E-state index contributed by atoms with van der Waals surface area (Å²) in [6.45, 7) is 5.75. The Hall–Kier alpha value is 0.310. The molecule has 1 nitrogen and oxygen atoms in total. The van der Waals surface area contributed by atoms with Gasteiger partial charge in [0.25, 0.3) is 0 Å². The Kier molecular flexibility index (Phi) is 2.86. The molecule has 1 rings (SSSR count). The molecular weight excluding hydrogens is 130 g/mol. The third-order valence-electron chi connectivity index (χ3n) is 1.56. The minimum atomic E-state index is 0.799. The Labute approximate surface area is 61.6 Å². The summed E-state index contributed by atoms with van der Waals surface area (Å²) in [6, 6.07) is 0.831. The highest BCUT2D eigenvalue weighted by atomic mass is 32.2. The van der Waals surface area contributed by atoms with Crippen LogP contribution in [0.15, 0.2) is 0 Å². The van der Waals surface area contributed by atoms with Gasteiger partial charge in [0.15, 0.2) is 0 Å². The van der Waals surface area contributed by atoms with Crippen molar-refractivity contribution < 1.29 is 0 Å². The summed E-state index contributed by atoms with van der Waals surface area (Å²) < 4.78 is 0. The van der Waals surface area contributed by atoms with Crippen LogP contribution in [-0.2, 0) is 0 Å². The highest BCUT2D eigenvalue weighted by Crippen LogP contribution is 2.14. The van der Waals surface area contributed by atoms with E-state index in [-0.39, 0.29) is 0 Å². The van der Waals surface area contributed by atoms with E-state index in [2.05, 4.69) is 30.9 Å². The minimum Gasteiger partial charge on any atom is -0.313 e. The third kappa shape index (κ3) is 2.59. The Bertz CT molecular complexity index is 79.0. The highest BCUT2D eigenvalue weighted by Gasteiger charge is 2.15. The van der Waals surface area contributed by atoms with Gasteiger partial charge in [-0.2, -0.15) is 11.8 Å². The van der Waals surface area contributed by atoms with Crippen LogP contribution < -0.4 is 5.32 Å². The van der Waals surface area contributed by atoms with Gasteiger partial charge >= 0.3 is 0 Å². The number of hydrogen-bond donors (Lipinski definition) is 1. The normalized spacial score (nSPS) is 26.3. The van der Waals surface area contributed by atoms with Crippen molar-refractivity contribution in [1.29, 1.82) is 0 Å². The van der Waals surface area contributed by atoms with E-state index in [0.29, 0.717) is 0 Å². The zero-order chi connectivity index (χ0) is 6.69. The van der Waals surface area contributed by atoms with Crippen molar-refractivity contribution in [3.05, 3.63) is 0 Å². The summed E-state index contributed by atoms with van der Waals surface area (Å²) in [5.41, 5.74) is 0. The SMILES string of the molecule is CC(C)SCC1CCN1. The van der Waals surface area contributed by atoms with Crippen LogP contribution >= 0.6 is 11.8 Å². The maximum Gasteiger partial charge on any atom is 0.0170 e. The van der Waals surface area contributed by atoms with Gasteiger partial charge in [-0.05, 0) is 18.2 Å². The zero-order valence-electron chi connectivity index (χ0n) is 6.18. The van der Waals surface area contributed by atoms with E-state index in [1.54, 1.807) is 0 Å². The van der Waals surface area contributed by atoms with Crippen LogP contribution in [0.3, 0.4) is 0 Å². The fourth-order valence-corrected chi connectivity index (χ4v) is 1.70. The van der Waals surface area contributed by atoms with E-state index in [1.165, 1.54) is 18.7 Å². The predicted molar refractivity (Wildman–Crippen MR) is 44.0 cm³/mol. The van der Waals surface area contributed by atoms with Gasteiger partial charge in [-0.3, -0.25) is 0 Å². The summed E-state index contributed by atoms with van der Waals surface area (Å²) in [5, 5.41) is 4.18. The molecule has 0 bridgehead atoms. The monoisotopic (exact) mass is 145 g/mol. The largest absolute Gasteiger partial charge is 0.313 e. The minimum absolute atomic E-state index is 0.799. The smallest absolute Gasteiger partial charge is 0.0170 e. The van der Waals surface area contributed by atoms with Crippen molar-refractivity contribution in [3.8, 4) is 0 Å². The molecule has 9 heavy (non-hydrogen) atoms. The lowest BCUT2D eigenvalue weighted by molar-refractivity contribution is 0.405. The van der Waals surface area contributed by atoms with Gasteiger partial charge in [-0.25, -0.2) is 0 Å². The van der Waals surface area contributed by atoms with Gasteiger partial charge in [-0.15, -0.1) is 0 Å². The van der Waals surface area contributed by atoms with Crippen LogP contribution in [-0.4, -0.2) is 23.6 Å². The molecule has 1 heterocycles. The molecule has 2 heteroatoms. The standard InChI is InChI=1S/C7H15NS/c1-6(2)9-5-7-3-4-8-7/h6-8H,3-5H2,1-2H3. The van der Waals surface area contributed by atoms with Gasteiger partial charge in [-0.1, -0.05) is 13.8 Å². The van der Waals surface area contributed by atoms with Crippen molar-refractivity contribution in [2.24, 2.45) is 0 Å². The lowest BCUT2D eigenvalue weighted by Gasteiger charge is -2.27. The molecule has 0 saturated carbocycles. The Morgan fingerprint density at radius 3 is 2.67 bits per heavy atom. The molecule has 0 amide bonds. The molecule has 1 N–H and O–H groups in total. The van der Waals surface area contributed by atoms with Crippen LogP contribution in [0.1, 0.15) is 20.3 Å². The molecule has 54 valence electrons. The van der Waals surface area contributed by atoms with Crippen LogP contribution in [0.2, 0.25) is 0 Å². The second-order valence-corrected chi connectivity index (χ2v) is 4.43. The second kappa shape index (κ2) is 3.47. The number of nitrogens with one attached hydrogen (secondary N) is 1. The summed E-state index contributed by atoms with van der Waals surface area (Å²) in [7, 11) is 0. The average Bonchev–Trinajstić information content (AvgIpc) is 1.60. The fourth-order valence-electron chi connectivity index (χ4n) is 0.799. The first-order chi connectivity index (χ1) is 4.29. The van der Waals surface area contributed by atoms with Crippen molar-refractivity contribution >= 4 is 11.8 Å². The Morgan fingerprint density at radius 2 is 2.33 bits per heavy atom. The molecule has 1 aliphatic heterocycles. The van der Waals surface area contributed by atoms with Gasteiger partial charge in [0.2, 0.25) is 0 Å². The summed E-state index contributed by atoms with van der Waals surface area (Å²) in [6.07, 6.45) is 1.39. The van der Waals surface area contributed by atoms with Crippen molar-refractivity contribution in [2.75, 3.05) is 12.3 Å². The highest BCUT2D eigenvalue weighted by molar-refractivity contribution is 7.99. The molecule has 0 aromatic rings. The van der Waals surface area contributed by atoms with Gasteiger partial charge < -0.3 is 5.32 Å². The molecule has 0 aromatic carbocycles. The topological polar surface area (TPSA) is 12.0 Å².